The van der Waals surface area contributed by atoms with Crippen molar-refractivity contribution in [1.82, 2.24) is 19.4 Å². The summed E-state index contributed by atoms with van der Waals surface area (Å²) in [5, 5.41) is 0. The first kappa shape index (κ1) is 13.6. The molecule has 0 amide bonds. The largest absolute Gasteiger partial charge is 0.311 e. The molecule has 0 spiro atoms. The van der Waals surface area contributed by atoms with E-state index in [2.05, 4.69) is 41.4 Å². The van der Waals surface area contributed by atoms with Crippen LogP contribution in [0.25, 0.3) is 11.2 Å². The predicted molar refractivity (Wildman–Crippen MR) is 81.7 cm³/mol. The molecule has 1 atom stereocenters. The highest BCUT2D eigenvalue weighted by Crippen LogP contribution is 2.22. The van der Waals surface area contributed by atoms with Gasteiger partial charge in [-0.3, -0.25) is 0 Å². The van der Waals surface area contributed by atoms with Gasteiger partial charge in [0.25, 0.3) is 0 Å². The maximum absolute atomic E-state index is 4.80. The van der Waals surface area contributed by atoms with Gasteiger partial charge in [-0.2, -0.15) is 0 Å². The number of pyridine rings is 1. The summed E-state index contributed by atoms with van der Waals surface area (Å²) >= 11 is 0. The van der Waals surface area contributed by atoms with Crippen LogP contribution < -0.4 is 0 Å². The lowest BCUT2D eigenvalue weighted by molar-refractivity contribution is 0.281. The molecule has 1 fully saturated rings. The molecule has 1 aliphatic heterocycles. The van der Waals surface area contributed by atoms with Gasteiger partial charge in [0, 0.05) is 25.2 Å². The van der Waals surface area contributed by atoms with Crippen LogP contribution in [-0.4, -0.2) is 39.1 Å². The Balaban J connectivity index is 1.97. The van der Waals surface area contributed by atoms with E-state index < -0.39 is 0 Å². The summed E-state index contributed by atoms with van der Waals surface area (Å²) in [4.78, 5) is 11.8. The maximum Gasteiger partial charge on any atom is 0.160 e. The number of rotatable bonds is 4. The molecule has 0 radical (unpaired) electrons. The number of hydrogen-bond acceptors (Lipinski definition) is 3. The molecular formula is C16H24N4. The van der Waals surface area contributed by atoms with E-state index in [4.69, 9.17) is 4.98 Å². The van der Waals surface area contributed by atoms with Gasteiger partial charge in [0.1, 0.15) is 11.3 Å². The summed E-state index contributed by atoms with van der Waals surface area (Å²) in [7, 11) is 2.23. The van der Waals surface area contributed by atoms with E-state index in [9.17, 15) is 0 Å². The molecule has 1 unspecified atom stereocenters. The van der Waals surface area contributed by atoms with Crippen LogP contribution in [0.2, 0.25) is 0 Å². The number of imidazole rings is 1. The lowest BCUT2D eigenvalue weighted by Crippen LogP contribution is -2.30. The van der Waals surface area contributed by atoms with Crippen LogP contribution >= 0.6 is 0 Å². The Kier molecular flexibility index (Phi) is 3.74. The zero-order valence-corrected chi connectivity index (χ0v) is 12.7. The van der Waals surface area contributed by atoms with Crippen LogP contribution in [0.4, 0.5) is 0 Å². The Bertz CT molecular complexity index is 587. The van der Waals surface area contributed by atoms with Gasteiger partial charge in [-0.1, -0.05) is 13.8 Å². The molecule has 2 aromatic rings. The van der Waals surface area contributed by atoms with Gasteiger partial charge in [0.15, 0.2) is 5.65 Å². The number of nitrogens with zero attached hydrogens (tertiary/aromatic N) is 4. The van der Waals surface area contributed by atoms with Gasteiger partial charge in [-0.05, 0) is 44.5 Å². The Hall–Kier alpha value is -1.42. The van der Waals surface area contributed by atoms with Gasteiger partial charge in [-0.15, -0.1) is 0 Å². The van der Waals surface area contributed by atoms with Gasteiger partial charge >= 0.3 is 0 Å². The molecule has 0 bridgehead atoms. The summed E-state index contributed by atoms with van der Waals surface area (Å²) in [5.41, 5.74) is 2.08. The SMILES string of the molecule is CC(C)Cc1nc2cccnc2n1CC1CCCN1C. The number of likely N-dealkylation sites (tertiary alicyclic amines) is 1. The van der Waals surface area contributed by atoms with Crippen LogP contribution in [-0.2, 0) is 13.0 Å². The summed E-state index contributed by atoms with van der Waals surface area (Å²) in [5.74, 6) is 1.81. The van der Waals surface area contributed by atoms with Gasteiger partial charge in [-0.25, -0.2) is 9.97 Å². The third-order valence-corrected chi connectivity index (χ3v) is 4.24. The molecule has 3 heterocycles. The second-order valence-electron chi connectivity index (χ2n) is 6.36. The third-order valence-electron chi connectivity index (χ3n) is 4.24. The normalized spacial score (nSPS) is 20.3. The summed E-state index contributed by atoms with van der Waals surface area (Å²) in [6.07, 6.45) is 5.48. The third kappa shape index (κ3) is 2.57. The van der Waals surface area contributed by atoms with Crippen molar-refractivity contribution >= 4 is 11.2 Å². The first-order valence-electron chi connectivity index (χ1n) is 7.65. The molecule has 4 heteroatoms. The van der Waals surface area contributed by atoms with Crippen molar-refractivity contribution < 1.29 is 0 Å². The quantitative estimate of drug-likeness (QED) is 0.858. The van der Waals surface area contributed by atoms with Crippen LogP contribution in [0.15, 0.2) is 18.3 Å². The minimum absolute atomic E-state index is 0.617. The topological polar surface area (TPSA) is 34.0 Å². The molecule has 4 nitrogen and oxygen atoms in total. The number of aromatic nitrogens is 3. The maximum atomic E-state index is 4.80. The number of fused-ring (bicyclic) bond motifs is 1. The fourth-order valence-electron chi connectivity index (χ4n) is 3.14. The van der Waals surface area contributed by atoms with Gasteiger partial charge in [0.05, 0.1) is 0 Å². The molecule has 1 saturated heterocycles. The van der Waals surface area contributed by atoms with E-state index in [1.807, 2.05) is 12.3 Å². The lowest BCUT2D eigenvalue weighted by atomic mass is 10.1. The van der Waals surface area contributed by atoms with Crippen molar-refractivity contribution in [3.63, 3.8) is 0 Å². The fourth-order valence-corrected chi connectivity index (χ4v) is 3.14. The Morgan fingerprint density at radius 3 is 2.95 bits per heavy atom. The van der Waals surface area contributed by atoms with E-state index in [-0.39, 0.29) is 0 Å². The first-order chi connectivity index (χ1) is 9.65. The molecule has 2 aromatic heterocycles. The molecule has 0 saturated carbocycles. The van der Waals surface area contributed by atoms with Crippen LogP contribution in [0.5, 0.6) is 0 Å². The van der Waals surface area contributed by atoms with E-state index in [1.165, 1.54) is 25.2 Å². The minimum Gasteiger partial charge on any atom is -0.311 e. The smallest absolute Gasteiger partial charge is 0.160 e. The Labute approximate surface area is 120 Å². The van der Waals surface area contributed by atoms with Crippen molar-refractivity contribution in [3.05, 3.63) is 24.2 Å². The van der Waals surface area contributed by atoms with Crippen LogP contribution in [0, 0.1) is 5.92 Å². The summed E-state index contributed by atoms with van der Waals surface area (Å²) in [6, 6.07) is 4.67. The van der Waals surface area contributed by atoms with Gasteiger partial charge in [0.2, 0.25) is 0 Å². The number of hydrogen-bond donors (Lipinski definition) is 0. The lowest BCUT2D eigenvalue weighted by Gasteiger charge is -2.21. The summed E-state index contributed by atoms with van der Waals surface area (Å²) < 4.78 is 2.35. The molecule has 20 heavy (non-hydrogen) atoms. The predicted octanol–water partition coefficient (Wildman–Crippen LogP) is 2.72. The van der Waals surface area contributed by atoms with Crippen molar-refractivity contribution in [2.45, 2.75) is 45.7 Å². The van der Waals surface area contributed by atoms with E-state index in [0.29, 0.717) is 12.0 Å². The first-order valence-corrected chi connectivity index (χ1v) is 7.65. The van der Waals surface area contributed by atoms with Crippen molar-refractivity contribution in [2.75, 3.05) is 13.6 Å². The highest BCUT2D eigenvalue weighted by molar-refractivity contribution is 5.71. The molecular weight excluding hydrogens is 248 g/mol. The van der Waals surface area contributed by atoms with E-state index >= 15 is 0 Å². The second-order valence-corrected chi connectivity index (χ2v) is 6.36. The average molecular weight is 272 g/mol. The molecule has 108 valence electrons. The highest BCUT2D eigenvalue weighted by Gasteiger charge is 2.23. The molecule has 0 N–H and O–H groups in total. The van der Waals surface area contributed by atoms with E-state index in [1.54, 1.807) is 0 Å². The Morgan fingerprint density at radius 2 is 2.25 bits per heavy atom. The summed E-state index contributed by atoms with van der Waals surface area (Å²) in [6.45, 7) is 6.73. The standard InChI is InChI=1S/C16H24N4/c1-12(2)10-15-18-14-7-4-8-17-16(14)20(15)11-13-6-5-9-19(13)3/h4,7-8,12-13H,5-6,9-11H2,1-3H3. The fraction of sp³-hybridized carbons (Fsp3) is 0.625. The van der Waals surface area contributed by atoms with Crippen LogP contribution in [0.3, 0.4) is 0 Å². The monoisotopic (exact) mass is 272 g/mol. The highest BCUT2D eigenvalue weighted by atomic mass is 15.2. The average Bonchev–Trinajstić information content (AvgIpc) is 2.95. The zero-order chi connectivity index (χ0) is 14.1. The van der Waals surface area contributed by atoms with Crippen molar-refractivity contribution in [3.8, 4) is 0 Å². The molecule has 1 aliphatic rings. The van der Waals surface area contributed by atoms with Gasteiger partial charge < -0.3 is 9.47 Å². The van der Waals surface area contributed by atoms with Crippen molar-refractivity contribution in [1.29, 1.82) is 0 Å². The Morgan fingerprint density at radius 1 is 1.40 bits per heavy atom. The van der Waals surface area contributed by atoms with Crippen LogP contribution in [0.1, 0.15) is 32.5 Å². The van der Waals surface area contributed by atoms with Crippen molar-refractivity contribution in [2.24, 2.45) is 5.92 Å². The minimum atomic E-state index is 0.617. The molecule has 0 aromatic carbocycles. The second kappa shape index (κ2) is 5.52. The zero-order valence-electron chi connectivity index (χ0n) is 12.7. The molecule has 3 rings (SSSR count). The number of likely N-dealkylation sites (N-methyl/N-ethyl adjacent to an activating group) is 1. The van der Waals surface area contributed by atoms with E-state index in [0.717, 1.165) is 24.1 Å². The molecule has 0 aliphatic carbocycles.